The summed E-state index contributed by atoms with van der Waals surface area (Å²) < 4.78 is 28.1. The molecule has 0 aliphatic heterocycles. The van der Waals surface area contributed by atoms with Crippen LogP contribution in [0.25, 0.3) is 0 Å². The number of aryl methyl sites for hydroxylation is 2. The minimum absolute atomic E-state index is 0.0862. The van der Waals surface area contributed by atoms with Crippen molar-refractivity contribution in [3.63, 3.8) is 0 Å². The summed E-state index contributed by atoms with van der Waals surface area (Å²) in [6, 6.07) is 16.0. The Morgan fingerprint density at radius 2 is 1.76 bits per heavy atom. The highest BCUT2D eigenvalue weighted by atomic mass is 32.2. The Hall–Kier alpha value is -2.48. The van der Waals surface area contributed by atoms with E-state index in [1.807, 2.05) is 55.6 Å². The van der Waals surface area contributed by atoms with Gasteiger partial charge in [0.2, 0.25) is 10.0 Å². The van der Waals surface area contributed by atoms with Crippen LogP contribution < -0.4 is 4.72 Å². The molecule has 1 amide bonds. The quantitative estimate of drug-likeness (QED) is 0.616. The van der Waals surface area contributed by atoms with Gasteiger partial charge in [0.25, 0.3) is 5.91 Å². The number of rotatable bonds is 7. The maximum Gasteiger partial charge on any atom is 0.254 e. The third-order valence-electron chi connectivity index (χ3n) is 4.75. The molecule has 152 valence electrons. The highest BCUT2D eigenvalue weighted by Gasteiger charge is 2.20. The summed E-state index contributed by atoms with van der Waals surface area (Å²) in [5, 5.41) is 2.00. The molecule has 0 saturated heterocycles. The normalized spacial score (nSPS) is 11.4. The van der Waals surface area contributed by atoms with Gasteiger partial charge in [-0.1, -0.05) is 36.4 Å². The Balaban J connectivity index is 1.79. The lowest BCUT2D eigenvalue weighted by atomic mass is 10.1. The molecule has 3 aromatic rings. The van der Waals surface area contributed by atoms with Crippen LogP contribution in [-0.2, 0) is 23.1 Å². The molecule has 5 nitrogen and oxygen atoms in total. The molecule has 1 aromatic heterocycles. The molecule has 3 rings (SSSR count). The van der Waals surface area contributed by atoms with Crippen LogP contribution in [0.4, 0.5) is 0 Å². The van der Waals surface area contributed by atoms with Crippen molar-refractivity contribution in [2.75, 3.05) is 7.05 Å². The van der Waals surface area contributed by atoms with Gasteiger partial charge in [-0.05, 0) is 54.1 Å². The predicted molar refractivity (Wildman–Crippen MR) is 117 cm³/mol. The van der Waals surface area contributed by atoms with Crippen molar-refractivity contribution in [3.8, 4) is 0 Å². The van der Waals surface area contributed by atoms with E-state index in [1.165, 1.54) is 12.1 Å². The van der Waals surface area contributed by atoms with Crippen LogP contribution in [0.5, 0.6) is 0 Å². The number of benzene rings is 2. The van der Waals surface area contributed by atoms with Crippen molar-refractivity contribution >= 4 is 27.3 Å². The number of carbonyl (C=O) groups excluding carboxylic acids is 1. The maximum atomic E-state index is 13.0. The molecule has 29 heavy (non-hydrogen) atoms. The second-order valence-electron chi connectivity index (χ2n) is 6.97. The first-order valence-corrected chi connectivity index (χ1v) is 11.6. The van der Waals surface area contributed by atoms with Gasteiger partial charge in [0.05, 0.1) is 11.4 Å². The number of nitrogens with one attached hydrogen (secondary N) is 1. The molecular weight excluding hydrogens is 404 g/mol. The van der Waals surface area contributed by atoms with Gasteiger partial charge in [-0.25, -0.2) is 13.1 Å². The standard InChI is InChI=1S/C22H24N2O3S2/c1-16-9-10-19(29(26,27)23-14-18-7-5-4-6-8-18)13-20(16)22(25)24(3)15-21-17(2)11-12-28-21/h4-13,23H,14-15H2,1-3H3. The molecule has 0 aliphatic carbocycles. The van der Waals surface area contributed by atoms with Crippen LogP contribution in [0.1, 0.15) is 31.9 Å². The van der Waals surface area contributed by atoms with Crippen LogP contribution in [0, 0.1) is 13.8 Å². The van der Waals surface area contributed by atoms with E-state index >= 15 is 0 Å². The van der Waals surface area contributed by atoms with Crippen LogP contribution in [0.2, 0.25) is 0 Å². The highest BCUT2D eigenvalue weighted by Crippen LogP contribution is 2.21. The Kier molecular flexibility index (Phi) is 6.52. The average molecular weight is 429 g/mol. The fourth-order valence-corrected chi connectivity index (χ4v) is 4.92. The van der Waals surface area contributed by atoms with Crippen molar-refractivity contribution in [3.05, 3.63) is 87.1 Å². The van der Waals surface area contributed by atoms with E-state index in [-0.39, 0.29) is 17.3 Å². The lowest BCUT2D eigenvalue weighted by Crippen LogP contribution is -2.28. The van der Waals surface area contributed by atoms with Gasteiger partial charge < -0.3 is 4.90 Å². The van der Waals surface area contributed by atoms with Gasteiger partial charge >= 0.3 is 0 Å². The first kappa shape index (κ1) is 21.2. The summed E-state index contributed by atoms with van der Waals surface area (Å²) in [6.07, 6.45) is 0. The Bertz CT molecular complexity index is 1110. The van der Waals surface area contributed by atoms with Gasteiger partial charge in [0, 0.05) is 24.0 Å². The molecule has 0 saturated carbocycles. The van der Waals surface area contributed by atoms with E-state index in [0.717, 1.165) is 21.6 Å². The smallest absolute Gasteiger partial charge is 0.254 e. The highest BCUT2D eigenvalue weighted by molar-refractivity contribution is 7.89. The second-order valence-corrected chi connectivity index (χ2v) is 9.74. The lowest BCUT2D eigenvalue weighted by molar-refractivity contribution is 0.0785. The van der Waals surface area contributed by atoms with Crippen LogP contribution >= 0.6 is 11.3 Å². The Morgan fingerprint density at radius 3 is 2.41 bits per heavy atom. The van der Waals surface area contributed by atoms with Crippen LogP contribution in [0.15, 0.2) is 64.9 Å². The predicted octanol–water partition coefficient (Wildman–Crippen LogP) is 4.12. The first-order valence-electron chi connectivity index (χ1n) is 9.20. The van der Waals surface area contributed by atoms with E-state index in [0.29, 0.717) is 12.1 Å². The Labute approximate surface area is 176 Å². The number of sulfonamides is 1. The number of amides is 1. The van der Waals surface area contributed by atoms with E-state index in [1.54, 1.807) is 29.4 Å². The third kappa shape index (κ3) is 5.12. The zero-order valence-electron chi connectivity index (χ0n) is 16.7. The molecule has 7 heteroatoms. The fourth-order valence-electron chi connectivity index (χ4n) is 2.92. The Morgan fingerprint density at radius 1 is 1.03 bits per heavy atom. The number of hydrogen-bond donors (Lipinski definition) is 1. The molecule has 1 N–H and O–H groups in total. The zero-order chi connectivity index (χ0) is 21.0. The van der Waals surface area contributed by atoms with E-state index in [2.05, 4.69) is 4.72 Å². The second kappa shape index (κ2) is 8.90. The molecule has 0 atom stereocenters. The summed E-state index contributed by atoms with van der Waals surface area (Å²) in [4.78, 5) is 15.8. The van der Waals surface area contributed by atoms with Crippen LogP contribution in [0.3, 0.4) is 0 Å². The summed E-state index contributed by atoms with van der Waals surface area (Å²) >= 11 is 1.61. The van der Waals surface area contributed by atoms with E-state index in [4.69, 9.17) is 0 Å². The lowest BCUT2D eigenvalue weighted by Gasteiger charge is -2.19. The summed E-state index contributed by atoms with van der Waals surface area (Å²) in [5.41, 5.74) is 3.15. The minimum Gasteiger partial charge on any atom is -0.337 e. The third-order valence-corrected chi connectivity index (χ3v) is 7.16. The van der Waals surface area contributed by atoms with Crippen LogP contribution in [-0.4, -0.2) is 26.3 Å². The largest absolute Gasteiger partial charge is 0.337 e. The molecular formula is C22H24N2O3S2. The van der Waals surface area contributed by atoms with Gasteiger partial charge in [0.15, 0.2) is 0 Å². The summed E-state index contributed by atoms with van der Waals surface area (Å²) in [6.45, 7) is 4.51. The summed E-state index contributed by atoms with van der Waals surface area (Å²) in [7, 11) is -2.00. The molecule has 2 aromatic carbocycles. The van der Waals surface area contributed by atoms with E-state index < -0.39 is 10.0 Å². The molecule has 0 fully saturated rings. The number of nitrogens with zero attached hydrogens (tertiary/aromatic N) is 1. The van der Waals surface area contributed by atoms with Crippen molar-refractivity contribution < 1.29 is 13.2 Å². The molecule has 0 radical (unpaired) electrons. The first-order chi connectivity index (χ1) is 13.8. The summed E-state index contributed by atoms with van der Waals surface area (Å²) in [5.74, 6) is -0.199. The number of hydrogen-bond acceptors (Lipinski definition) is 4. The minimum atomic E-state index is -3.73. The van der Waals surface area contributed by atoms with Gasteiger partial charge in [0.1, 0.15) is 0 Å². The van der Waals surface area contributed by atoms with Crippen molar-refractivity contribution in [2.45, 2.75) is 31.8 Å². The van der Waals surface area contributed by atoms with E-state index in [9.17, 15) is 13.2 Å². The average Bonchev–Trinajstić information content (AvgIpc) is 3.11. The van der Waals surface area contributed by atoms with Crippen molar-refractivity contribution in [1.29, 1.82) is 0 Å². The molecule has 0 aliphatic rings. The topological polar surface area (TPSA) is 66.5 Å². The van der Waals surface area contributed by atoms with Crippen molar-refractivity contribution in [1.82, 2.24) is 9.62 Å². The molecule has 1 heterocycles. The van der Waals surface area contributed by atoms with Gasteiger partial charge in [-0.15, -0.1) is 11.3 Å². The van der Waals surface area contributed by atoms with Gasteiger partial charge in [-0.3, -0.25) is 4.79 Å². The SMILES string of the molecule is Cc1ccc(S(=O)(=O)NCc2ccccc2)cc1C(=O)N(C)Cc1sccc1C. The van der Waals surface area contributed by atoms with Gasteiger partial charge in [-0.2, -0.15) is 0 Å². The molecule has 0 unspecified atom stereocenters. The fraction of sp³-hybridized carbons (Fsp3) is 0.227. The molecule has 0 bridgehead atoms. The number of thiophene rings is 1. The molecule has 0 spiro atoms. The number of carbonyl (C=O) groups is 1. The van der Waals surface area contributed by atoms with Crippen molar-refractivity contribution in [2.24, 2.45) is 0 Å². The maximum absolute atomic E-state index is 13.0. The zero-order valence-corrected chi connectivity index (χ0v) is 18.3. The monoisotopic (exact) mass is 428 g/mol.